The summed E-state index contributed by atoms with van der Waals surface area (Å²) < 4.78 is 23.4. The first-order valence-electron chi connectivity index (χ1n) is 7.00. The largest absolute Gasteiger partial charge is 0.384 e. The third-order valence-corrected chi connectivity index (χ3v) is 5.07. The van der Waals surface area contributed by atoms with Gasteiger partial charge in [-0.15, -0.1) is 0 Å². The van der Waals surface area contributed by atoms with Crippen molar-refractivity contribution in [2.45, 2.75) is 37.5 Å². The zero-order valence-electron chi connectivity index (χ0n) is 11.7. The van der Waals surface area contributed by atoms with E-state index in [2.05, 4.69) is 12.2 Å². The molecule has 0 radical (unpaired) electrons. The van der Waals surface area contributed by atoms with E-state index in [1.165, 1.54) is 31.9 Å². The fraction of sp³-hybridized carbons (Fsp3) is 0.600. The highest BCUT2D eigenvalue weighted by molar-refractivity contribution is 7.90. The summed E-state index contributed by atoms with van der Waals surface area (Å²) in [7, 11) is -3.16. The van der Waals surface area contributed by atoms with Gasteiger partial charge in [0.1, 0.15) is 0 Å². The Morgan fingerprint density at radius 1 is 1.26 bits per heavy atom. The first kappa shape index (κ1) is 14.4. The van der Waals surface area contributed by atoms with E-state index < -0.39 is 9.84 Å². The summed E-state index contributed by atoms with van der Waals surface area (Å²) in [6.07, 6.45) is 6.38. The molecule has 1 aliphatic carbocycles. The fourth-order valence-corrected chi connectivity index (χ4v) is 3.80. The minimum atomic E-state index is -3.16. The maximum absolute atomic E-state index is 11.7. The van der Waals surface area contributed by atoms with Crippen LogP contribution in [-0.4, -0.2) is 21.2 Å². The van der Waals surface area contributed by atoms with E-state index in [0.29, 0.717) is 10.8 Å². The zero-order chi connectivity index (χ0) is 13.9. The second-order valence-electron chi connectivity index (χ2n) is 5.79. The molecule has 0 aromatic heterocycles. The molecule has 1 aliphatic rings. The van der Waals surface area contributed by atoms with Crippen molar-refractivity contribution in [3.63, 3.8) is 0 Å². The van der Waals surface area contributed by atoms with Gasteiger partial charge in [0.25, 0.3) is 0 Å². The minimum Gasteiger partial charge on any atom is -0.384 e. The monoisotopic (exact) mass is 281 g/mol. The van der Waals surface area contributed by atoms with E-state index in [0.717, 1.165) is 18.2 Å². The van der Waals surface area contributed by atoms with E-state index in [4.69, 9.17) is 0 Å². The first-order valence-corrected chi connectivity index (χ1v) is 8.89. The molecule has 1 saturated carbocycles. The van der Waals surface area contributed by atoms with Crippen molar-refractivity contribution < 1.29 is 8.42 Å². The molecule has 0 aliphatic heterocycles. The topological polar surface area (TPSA) is 46.2 Å². The van der Waals surface area contributed by atoms with Crippen molar-refractivity contribution in [2.75, 3.05) is 18.1 Å². The van der Waals surface area contributed by atoms with Gasteiger partial charge < -0.3 is 5.32 Å². The molecule has 1 N–H and O–H groups in total. The smallest absolute Gasteiger partial charge is 0.177 e. The van der Waals surface area contributed by atoms with Gasteiger partial charge in [-0.25, -0.2) is 8.42 Å². The number of hydrogen-bond donors (Lipinski definition) is 1. The molecule has 0 bridgehead atoms. The van der Waals surface area contributed by atoms with Crippen LogP contribution in [-0.2, 0) is 9.84 Å². The summed E-state index contributed by atoms with van der Waals surface area (Å²) >= 11 is 0. The molecule has 2 rings (SSSR count). The molecule has 0 amide bonds. The molecule has 1 fully saturated rings. The number of benzene rings is 1. The van der Waals surface area contributed by atoms with Crippen LogP contribution in [0.3, 0.4) is 0 Å². The molecule has 4 heteroatoms. The van der Waals surface area contributed by atoms with Crippen molar-refractivity contribution >= 4 is 15.5 Å². The normalized spacial score (nSPS) is 24.1. The lowest BCUT2D eigenvalue weighted by Gasteiger charge is -2.27. The van der Waals surface area contributed by atoms with Crippen LogP contribution < -0.4 is 5.32 Å². The summed E-state index contributed by atoms with van der Waals surface area (Å²) in [5.41, 5.74) is 0.739. The molecule has 2 atom stereocenters. The number of rotatable bonds is 4. The van der Waals surface area contributed by atoms with Gasteiger partial charge in [0.15, 0.2) is 9.84 Å². The Kier molecular flexibility index (Phi) is 4.50. The fourth-order valence-electron chi connectivity index (χ4n) is 2.94. The molecule has 0 saturated heterocycles. The van der Waals surface area contributed by atoms with Gasteiger partial charge in [-0.05, 0) is 36.8 Å². The van der Waals surface area contributed by atoms with Crippen LogP contribution in [0, 0.1) is 11.8 Å². The first-order chi connectivity index (χ1) is 8.97. The Labute approximate surface area is 116 Å². The van der Waals surface area contributed by atoms with Gasteiger partial charge in [0.05, 0.1) is 10.6 Å². The van der Waals surface area contributed by atoms with Crippen molar-refractivity contribution in [1.82, 2.24) is 0 Å². The highest BCUT2D eigenvalue weighted by atomic mass is 32.2. The van der Waals surface area contributed by atoms with Crippen molar-refractivity contribution in [3.8, 4) is 0 Å². The average molecular weight is 281 g/mol. The zero-order valence-corrected chi connectivity index (χ0v) is 12.5. The minimum absolute atomic E-state index is 0.402. The molecule has 1 aromatic carbocycles. The summed E-state index contributed by atoms with van der Waals surface area (Å²) in [4.78, 5) is 0.402. The standard InChI is InChI=1S/C15H23NO2S/c1-12-6-5-7-13(10-12)11-16-14-8-3-4-9-15(14)19(2,17)18/h3-4,8-9,12-13,16H,5-7,10-11H2,1-2H3. The van der Waals surface area contributed by atoms with E-state index in [1.807, 2.05) is 12.1 Å². The highest BCUT2D eigenvalue weighted by Gasteiger charge is 2.19. The Bertz CT molecular complexity index is 525. The van der Waals surface area contributed by atoms with Gasteiger partial charge in [-0.3, -0.25) is 0 Å². The van der Waals surface area contributed by atoms with Crippen LogP contribution in [0.2, 0.25) is 0 Å². The van der Waals surface area contributed by atoms with Crippen LogP contribution in [0.4, 0.5) is 5.69 Å². The second kappa shape index (κ2) is 5.95. The van der Waals surface area contributed by atoms with Crippen LogP contribution in [0.1, 0.15) is 32.6 Å². The van der Waals surface area contributed by atoms with Gasteiger partial charge >= 0.3 is 0 Å². The van der Waals surface area contributed by atoms with Crippen LogP contribution in [0.15, 0.2) is 29.2 Å². The van der Waals surface area contributed by atoms with Gasteiger partial charge in [-0.2, -0.15) is 0 Å². The molecule has 0 spiro atoms. The molecule has 106 valence electrons. The van der Waals surface area contributed by atoms with Crippen molar-refractivity contribution in [1.29, 1.82) is 0 Å². The summed E-state index contributed by atoms with van der Waals surface area (Å²) in [5.74, 6) is 1.46. The highest BCUT2D eigenvalue weighted by Crippen LogP contribution is 2.29. The van der Waals surface area contributed by atoms with E-state index in [9.17, 15) is 8.42 Å². The lowest BCUT2D eigenvalue weighted by atomic mass is 9.82. The number of hydrogen-bond acceptors (Lipinski definition) is 3. The number of anilines is 1. The second-order valence-corrected chi connectivity index (χ2v) is 7.77. The maximum Gasteiger partial charge on any atom is 0.177 e. The molecule has 19 heavy (non-hydrogen) atoms. The molecular formula is C15H23NO2S. The molecule has 1 aromatic rings. The predicted octanol–water partition coefficient (Wildman–Crippen LogP) is 3.33. The predicted molar refractivity (Wildman–Crippen MR) is 79.2 cm³/mol. The van der Waals surface area contributed by atoms with E-state index in [-0.39, 0.29) is 0 Å². The summed E-state index contributed by atoms with van der Waals surface area (Å²) in [5, 5.41) is 3.33. The van der Waals surface area contributed by atoms with Gasteiger partial charge in [-0.1, -0.05) is 31.9 Å². The number of para-hydroxylation sites is 1. The van der Waals surface area contributed by atoms with Crippen LogP contribution in [0.25, 0.3) is 0 Å². The molecular weight excluding hydrogens is 258 g/mol. The van der Waals surface area contributed by atoms with Gasteiger partial charge in [0, 0.05) is 12.8 Å². The third kappa shape index (κ3) is 3.96. The van der Waals surface area contributed by atoms with Crippen molar-refractivity contribution in [2.24, 2.45) is 11.8 Å². The Morgan fingerprint density at radius 2 is 2.00 bits per heavy atom. The molecule has 3 nitrogen and oxygen atoms in total. The Hall–Kier alpha value is -1.03. The quantitative estimate of drug-likeness (QED) is 0.921. The summed E-state index contributed by atoms with van der Waals surface area (Å²) in [6.45, 7) is 3.17. The number of nitrogens with one attached hydrogen (secondary N) is 1. The Morgan fingerprint density at radius 3 is 2.68 bits per heavy atom. The van der Waals surface area contributed by atoms with Gasteiger partial charge in [0.2, 0.25) is 0 Å². The van der Waals surface area contributed by atoms with Crippen LogP contribution in [0.5, 0.6) is 0 Å². The lowest BCUT2D eigenvalue weighted by Crippen LogP contribution is -2.21. The number of sulfone groups is 1. The average Bonchev–Trinajstić information content (AvgIpc) is 2.36. The molecule has 0 heterocycles. The Balaban J connectivity index is 2.04. The van der Waals surface area contributed by atoms with E-state index in [1.54, 1.807) is 12.1 Å². The van der Waals surface area contributed by atoms with Crippen LogP contribution >= 0.6 is 0 Å². The summed E-state index contributed by atoms with van der Waals surface area (Å²) in [6, 6.07) is 7.16. The lowest BCUT2D eigenvalue weighted by molar-refractivity contribution is 0.293. The SMILES string of the molecule is CC1CCCC(CNc2ccccc2S(C)(=O)=O)C1. The third-order valence-electron chi connectivity index (χ3n) is 3.91. The van der Waals surface area contributed by atoms with Crippen molar-refractivity contribution in [3.05, 3.63) is 24.3 Å². The van der Waals surface area contributed by atoms with E-state index >= 15 is 0 Å². The maximum atomic E-state index is 11.7. The molecule has 2 unspecified atom stereocenters.